The molecule has 4 aromatic rings. The monoisotopic (exact) mass is 339 g/mol. The van der Waals surface area contributed by atoms with E-state index in [1.165, 1.54) is 0 Å². The van der Waals surface area contributed by atoms with Crippen LogP contribution in [-0.4, -0.2) is 22.1 Å². The Hall–Kier alpha value is -3.53. The van der Waals surface area contributed by atoms with Crippen LogP contribution >= 0.6 is 0 Å². The number of pyridine rings is 1. The lowest BCUT2D eigenvalue weighted by Crippen LogP contribution is -1.96. The second kappa shape index (κ2) is 7.15. The highest BCUT2D eigenvalue weighted by molar-refractivity contribution is 5.72. The van der Waals surface area contributed by atoms with Gasteiger partial charge in [0.2, 0.25) is 0 Å². The first-order valence-corrected chi connectivity index (χ1v) is 8.33. The predicted octanol–water partition coefficient (Wildman–Crippen LogP) is 4.88. The number of ether oxygens (including phenoxy) is 1. The Kier molecular flexibility index (Phi) is 4.39. The molecule has 4 rings (SSSR count). The van der Waals surface area contributed by atoms with Crippen molar-refractivity contribution in [3.63, 3.8) is 0 Å². The van der Waals surface area contributed by atoms with E-state index in [2.05, 4.69) is 4.98 Å². The zero-order valence-electron chi connectivity index (χ0n) is 14.3. The predicted molar refractivity (Wildman–Crippen MR) is 103 cm³/mol. The third-order valence-corrected chi connectivity index (χ3v) is 4.10. The molecule has 0 spiro atoms. The molecule has 0 saturated carbocycles. The highest BCUT2D eigenvalue weighted by Gasteiger charge is 2.10. The van der Waals surface area contributed by atoms with E-state index in [-0.39, 0.29) is 0 Å². The quantitative estimate of drug-likeness (QED) is 0.531. The molecule has 2 heterocycles. The van der Waals surface area contributed by atoms with E-state index in [0.717, 1.165) is 33.8 Å². The summed E-state index contributed by atoms with van der Waals surface area (Å²) in [6.07, 6.45) is 3.54. The summed E-state index contributed by atoms with van der Waals surface area (Å²) in [4.78, 5) is 13.7. The van der Waals surface area contributed by atoms with Gasteiger partial charge in [-0.1, -0.05) is 42.5 Å². The molecule has 0 aliphatic carbocycles. The molecule has 0 atom stereocenters. The second-order valence-corrected chi connectivity index (χ2v) is 5.80. The smallest absolute Gasteiger partial charge is 0.160 e. The standard InChI is InChI=1S/C22H17N3O/c1-26-19-9-5-8-18(14-19)21-15-20(16-10-12-23-13-11-16)24-22(25-21)17-6-3-2-4-7-17/h2-15H,1H3. The highest BCUT2D eigenvalue weighted by atomic mass is 16.5. The first kappa shape index (κ1) is 16.0. The maximum absolute atomic E-state index is 5.35. The summed E-state index contributed by atoms with van der Waals surface area (Å²) in [7, 11) is 1.66. The molecule has 0 radical (unpaired) electrons. The number of rotatable bonds is 4. The van der Waals surface area contributed by atoms with Crippen LogP contribution in [0.2, 0.25) is 0 Å². The minimum Gasteiger partial charge on any atom is -0.497 e. The molecule has 0 bridgehead atoms. The van der Waals surface area contributed by atoms with E-state index >= 15 is 0 Å². The fraction of sp³-hybridized carbons (Fsp3) is 0.0455. The van der Waals surface area contributed by atoms with Gasteiger partial charge in [0, 0.05) is 29.1 Å². The van der Waals surface area contributed by atoms with Gasteiger partial charge in [-0.2, -0.15) is 0 Å². The van der Waals surface area contributed by atoms with Gasteiger partial charge < -0.3 is 4.74 Å². The summed E-state index contributed by atoms with van der Waals surface area (Å²) in [5, 5.41) is 0. The van der Waals surface area contributed by atoms with Crippen LogP contribution in [0, 0.1) is 0 Å². The minimum absolute atomic E-state index is 0.692. The molecule has 4 heteroatoms. The van der Waals surface area contributed by atoms with Gasteiger partial charge in [0.1, 0.15) is 5.75 Å². The second-order valence-electron chi connectivity index (χ2n) is 5.80. The summed E-state index contributed by atoms with van der Waals surface area (Å²) in [5.41, 5.74) is 4.68. The Labute approximate surface area is 152 Å². The van der Waals surface area contributed by atoms with Gasteiger partial charge in [0.05, 0.1) is 18.5 Å². The molecule has 0 amide bonds. The van der Waals surface area contributed by atoms with Crippen molar-refractivity contribution in [2.75, 3.05) is 7.11 Å². The Morgan fingerprint density at radius 2 is 1.35 bits per heavy atom. The summed E-state index contributed by atoms with van der Waals surface area (Å²) >= 11 is 0. The van der Waals surface area contributed by atoms with E-state index in [1.807, 2.05) is 72.8 Å². The Bertz CT molecular complexity index is 960. The molecule has 0 aliphatic heterocycles. The molecule has 4 nitrogen and oxygen atoms in total. The van der Waals surface area contributed by atoms with Crippen LogP contribution in [-0.2, 0) is 0 Å². The van der Waals surface area contributed by atoms with Gasteiger partial charge in [-0.05, 0) is 30.3 Å². The zero-order chi connectivity index (χ0) is 17.8. The Balaban J connectivity index is 1.90. The lowest BCUT2D eigenvalue weighted by molar-refractivity contribution is 0.415. The van der Waals surface area contributed by atoms with Crippen LogP contribution < -0.4 is 4.74 Å². The van der Waals surface area contributed by atoms with Gasteiger partial charge in [-0.15, -0.1) is 0 Å². The normalized spacial score (nSPS) is 10.5. The third-order valence-electron chi connectivity index (χ3n) is 4.10. The molecule has 2 aromatic carbocycles. The molecule has 0 unspecified atom stereocenters. The molecule has 126 valence electrons. The van der Waals surface area contributed by atoms with Crippen molar-refractivity contribution in [1.82, 2.24) is 15.0 Å². The molecule has 0 saturated heterocycles. The van der Waals surface area contributed by atoms with E-state index in [1.54, 1.807) is 19.5 Å². The van der Waals surface area contributed by atoms with Gasteiger partial charge in [0.15, 0.2) is 5.82 Å². The molecule has 2 aromatic heterocycles. The number of aromatic nitrogens is 3. The van der Waals surface area contributed by atoms with Crippen LogP contribution in [0.15, 0.2) is 85.2 Å². The maximum atomic E-state index is 5.35. The molecule has 0 N–H and O–H groups in total. The van der Waals surface area contributed by atoms with E-state index in [0.29, 0.717) is 5.82 Å². The molecule has 26 heavy (non-hydrogen) atoms. The first-order valence-electron chi connectivity index (χ1n) is 8.33. The highest BCUT2D eigenvalue weighted by Crippen LogP contribution is 2.28. The van der Waals surface area contributed by atoms with Gasteiger partial charge in [-0.3, -0.25) is 4.98 Å². The molecular weight excluding hydrogens is 322 g/mol. The average Bonchev–Trinajstić information content (AvgIpc) is 2.75. The van der Waals surface area contributed by atoms with Crippen molar-refractivity contribution in [2.45, 2.75) is 0 Å². The fourth-order valence-electron chi connectivity index (χ4n) is 2.76. The van der Waals surface area contributed by atoms with Crippen LogP contribution in [0.5, 0.6) is 5.75 Å². The number of methoxy groups -OCH3 is 1. The van der Waals surface area contributed by atoms with Crippen molar-refractivity contribution < 1.29 is 4.74 Å². The van der Waals surface area contributed by atoms with Crippen molar-refractivity contribution in [3.05, 3.63) is 85.2 Å². The van der Waals surface area contributed by atoms with E-state index in [9.17, 15) is 0 Å². The number of benzene rings is 2. The van der Waals surface area contributed by atoms with Crippen molar-refractivity contribution in [3.8, 4) is 39.7 Å². The van der Waals surface area contributed by atoms with E-state index in [4.69, 9.17) is 14.7 Å². The topological polar surface area (TPSA) is 47.9 Å². The zero-order valence-corrected chi connectivity index (χ0v) is 14.3. The third kappa shape index (κ3) is 3.30. The number of hydrogen-bond donors (Lipinski definition) is 0. The molecule has 0 fully saturated rings. The summed E-state index contributed by atoms with van der Waals surface area (Å²) in [5.74, 6) is 1.49. The van der Waals surface area contributed by atoms with Crippen LogP contribution in [0.25, 0.3) is 33.9 Å². The summed E-state index contributed by atoms with van der Waals surface area (Å²) < 4.78 is 5.35. The summed E-state index contributed by atoms with van der Waals surface area (Å²) in [6, 6.07) is 23.8. The van der Waals surface area contributed by atoms with E-state index < -0.39 is 0 Å². The van der Waals surface area contributed by atoms with Crippen molar-refractivity contribution in [1.29, 1.82) is 0 Å². The first-order chi connectivity index (χ1) is 12.8. The number of nitrogens with zero attached hydrogens (tertiary/aromatic N) is 3. The fourth-order valence-corrected chi connectivity index (χ4v) is 2.76. The van der Waals surface area contributed by atoms with Crippen LogP contribution in [0.1, 0.15) is 0 Å². The van der Waals surface area contributed by atoms with Gasteiger partial charge in [-0.25, -0.2) is 9.97 Å². The largest absolute Gasteiger partial charge is 0.497 e. The van der Waals surface area contributed by atoms with Crippen LogP contribution in [0.4, 0.5) is 0 Å². The van der Waals surface area contributed by atoms with Crippen molar-refractivity contribution >= 4 is 0 Å². The SMILES string of the molecule is COc1cccc(-c2cc(-c3ccncc3)nc(-c3ccccc3)n2)c1. The Morgan fingerprint density at radius 1 is 0.654 bits per heavy atom. The lowest BCUT2D eigenvalue weighted by Gasteiger charge is -2.10. The van der Waals surface area contributed by atoms with Crippen LogP contribution in [0.3, 0.4) is 0 Å². The number of hydrogen-bond acceptors (Lipinski definition) is 4. The Morgan fingerprint density at radius 3 is 2.08 bits per heavy atom. The molecular formula is C22H17N3O. The molecule has 0 aliphatic rings. The van der Waals surface area contributed by atoms with Crippen molar-refractivity contribution in [2.24, 2.45) is 0 Å². The maximum Gasteiger partial charge on any atom is 0.160 e. The van der Waals surface area contributed by atoms with Gasteiger partial charge in [0.25, 0.3) is 0 Å². The average molecular weight is 339 g/mol. The van der Waals surface area contributed by atoms with Gasteiger partial charge >= 0.3 is 0 Å². The summed E-state index contributed by atoms with van der Waals surface area (Å²) in [6.45, 7) is 0. The minimum atomic E-state index is 0.692. The lowest BCUT2D eigenvalue weighted by atomic mass is 10.1.